The predicted molar refractivity (Wildman–Crippen MR) is 96.4 cm³/mol. The highest BCUT2D eigenvalue weighted by Crippen LogP contribution is 2.38. The van der Waals surface area contributed by atoms with Gasteiger partial charge in [0.1, 0.15) is 0 Å². The first-order valence-corrected chi connectivity index (χ1v) is 9.14. The first-order valence-electron chi connectivity index (χ1n) is 9.14. The van der Waals surface area contributed by atoms with E-state index in [-0.39, 0.29) is 11.8 Å². The molecular formula is C21H23NO3. The van der Waals surface area contributed by atoms with Gasteiger partial charge in [-0.3, -0.25) is 9.59 Å². The molecule has 130 valence electrons. The zero-order valence-corrected chi connectivity index (χ0v) is 14.2. The molecule has 0 spiro atoms. The van der Waals surface area contributed by atoms with Crippen LogP contribution >= 0.6 is 0 Å². The van der Waals surface area contributed by atoms with Gasteiger partial charge in [-0.05, 0) is 47.9 Å². The van der Waals surface area contributed by atoms with Gasteiger partial charge in [0.15, 0.2) is 0 Å². The molecular weight excluding hydrogens is 314 g/mol. The number of hydrogen-bond donors (Lipinski definition) is 1. The monoisotopic (exact) mass is 337 g/mol. The summed E-state index contributed by atoms with van der Waals surface area (Å²) in [6.45, 7) is 1.46. The van der Waals surface area contributed by atoms with Crippen LogP contribution in [0.5, 0.6) is 0 Å². The summed E-state index contributed by atoms with van der Waals surface area (Å²) in [5.74, 6) is -1.08. The van der Waals surface area contributed by atoms with Gasteiger partial charge in [0.25, 0.3) is 0 Å². The van der Waals surface area contributed by atoms with Crippen molar-refractivity contribution in [2.24, 2.45) is 11.8 Å². The Kier molecular flexibility index (Phi) is 4.20. The number of nitrogens with zero attached hydrogens (tertiary/aromatic N) is 1. The Balaban J connectivity index is 1.45. The van der Waals surface area contributed by atoms with Crippen molar-refractivity contribution < 1.29 is 14.7 Å². The van der Waals surface area contributed by atoms with Crippen LogP contribution in [0.15, 0.2) is 42.5 Å². The standard InChI is InChI=1S/C21H23NO3/c23-20(18-8-9-19(18)21(24)25)22-12-10-15(11-13-22)17-7-3-5-14-4-1-2-6-16(14)17/h1-7,15,18-19H,8-13H2,(H,24,25). The van der Waals surface area contributed by atoms with Crippen LogP contribution in [0.25, 0.3) is 10.8 Å². The number of aliphatic carboxylic acids is 1. The summed E-state index contributed by atoms with van der Waals surface area (Å²) < 4.78 is 0. The molecule has 1 saturated carbocycles. The van der Waals surface area contributed by atoms with Gasteiger partial charge in [0.2, 0.25) is 5.91 Å². The van der Waals surface area contributed by atoms with E-state index in [2.05, 4.69) is 42.5 Å². The molecule has 0 radical (unpaired) electrons. The molecule has 1 saturated heterocycles. The maximum absolute atomic E-state index is 12.6. The number of benzene rings is 2. The third kappa shape index (κ3) is 2.90. The number of carboxylic acids is 1. The lowest BCUT2D eigenvalue weighted by Gasteiger charge is -2.39. The Morgan fingerprint density at radius 2 is 1.56 bits per heavy atom. The molecule has 4 heteroatoms. The third-order valence-corrected chi connectivity index (χ3v) is 5.98. The molecule has 1 aliphatic carbocycles. The molecule has 2 aromatic rings. The van der Waals surface area contributed by atoms with Crippen molar-refractivity contribution in [2.45, 2.75) is 31.6 Å². The molecule has 2 atom stereocenters. The highest BCUT2D eigenvalue weighted by molar-refractivity contribution is 5.87. The highest BCUT2D eigenvalue weighted by atomic mass is 16.4. The number of carboxylic acid groups (broad SMARTS) is 1. The van der Waals surface area contributed by atoms with Crippen molar-refractivity contribution >= 4 is 22.6 Å². The maximum Gasteiger partial charge on any atom is 0.307 e. The minimum atomic E-state index is -0.824. The lowest BCUT2D eigenvalue weighted by atomic mass is 9.72. The summed E-state index contributed by atoms with van der Waals surface area (Å²) in [6, 6.07) is 14.9. The van der Waals surface area contributed by atoms with Crippen LogP contribution < -0.4 is 0 Å². The molecule has 1 amide bonds. The van der Waals surface area contributed by atoms with Crippen molar-refractivity contribution in [1.82, 2.24) is 4.90 Å². The molecule has 4 rings (SSSR count). The average Bonchev–Trinajstić information content (AvgIpc) is 2.60. The third-order valence-electron chi connectivity index (χ3n) is 5.98. The lowest BCUT2D eigenvalue weighted by molar-refractivity contribution is -0.157. The number of carbonyl (C=O) groups is 2. The van der Waals surface area contributed by atoms with Crippen molar-refractivity contribution in [3.8, 4) is 0 Å². The summed E-state index contributed by atoms with van der Waals surface area (Å²) in [5, 5.41) is 11.7. The van der Waals surface area contributed by atoms with E-state index in [0.29, 0.717) is 12.3 Å². The topological polar surface area (TPSA) is 57.6 Å². The number of rotatable bonds is 3. The van der Waals surface area contributed by atoms with Crippen LogP contribution in [0.2, 0.25) is 0 Å². The Bertz CT molecular complexity index is 802. The fourth-order valence-corrected chi connectivity index (χ4v) is 4.34. The first-order chi connectivity index (χ1) is 12.1. The van der Waals surface area contributed by atoms with E-state index in [1.54, 1.807) is 0 Å². The van der Waals surface area contributed by atoms with Gasteiger partial charge in [0.05, 0.1) is 11.8 Å². The molecule has 2 fully saturated rings. The van der Waals surface area contributed by atoms with Gasteiger partial charge in [-0.25, -0.2) is 0 Å². The fraction of sp³-hybridized carbons (Fsp3) is 0.429. The number of carbonyl (C=O) groups excluding carboxylic acids is 1. The molecule has 2 aromatic carbocycles. The highest BCUT2D eigenvalue weighted by Gasteiger charge is 2.43. The number of hydrogen-bond acceptors (Lipinski definition) is 2. The molecule has 25 heavy (non-hydrogen) atoms. The fourth-order valence-electron chi connectivity index (χ4n) is 4.34. The summed E-state index contributed by atoms with van der Waals surface area (Å²) in [6.07, 6.45) is 3.26. The second kappa shape index (κ2) is 6.51. The van der Waals surface area contributed by atoms with Crippen LogP contribution in [0.1, 0.15) is 37.2 Å². The van der Waals surface area contributed by atoms with Crippen molar-refractivity contribution in [1.29, 1.82) is 0 Å². The quantitative estimate of drug-likeness (QED) is 0.930. The van der Waals surface area contributed by atoms with E-state index < -0.39 is 11.9 Å². The molecule has 1 heterocycles. The van der Waals surface area contributed by atoms with E-state index in [4.69, 9.17) is 0 Å². The minimum Gasteiger partial charge on any atom is -0.481 e. The Hall–Kier alpha value is -2.36. The molecule has 0 bridgehead atoms. The zero-order valence-electron chi connectivity index (χ0n) is 14.2. The van der Waals surface area contributed by atoms with E-state index in [0.717, 1.165) is 32.4 Å². The molecule has 2 unspecified atom stereocenters. The van der Waals surface area contributed by atoms with Crippen LogP contribution in [-0.4, -0.2) is 35.0 Å². The van der Waals surface area contributed by atoms with Crippen LogP contribution in [-0.2, 0) is 9.59 Å². The molecule has 0 aromatic heterocycles. The van der Waals surface area contributed by atoms with Gasteiger partial charge in [0, 0.05) is 13.1 Å². The molecule has 1 aliphatic heterocycles. The zero-order chi connectivity index (χ0) is 17.4. The molecule has 1 N–H and O–H groups in total. The van der Waals surface area contributed by atoms with Crippen molar-refractivity contribution in [3.05, 3.63) is 48.0 Å². The Morgan fingerprint density at radius 3 is 2.24 bits per heavy atom. The number of fused-ring (bicyclic) bond motifs is 1. The minimum absolute atomic E-state index is 0.0509. The van der Waals surface area contributed by atoms with E-state index >= 15 is 0 Å². The van der Waals surface area contributed by atoms with Crippen LogP contribution in [0, 0.1) is 11.8 Å². The van der Waals surface area contributed by atoms with Gasteiger partial charge < -0.3 is 10.0 Å². The van der Waals surface area contributed by atoms with E-state index in [9.17, 15) is 14.7 Å². The first kappa shape index (κ1) is 16.1. The maximum atomic E-state index is 12.6. The van der Waals surface area contributed by atoms with Crippen LogP contribution in [0.3, 0.4) is 0 Å². The number of piperidine rings is 1. The van der Waals surface area contributed by atoms with Crippen molar-refractivity contribution in [2.75, 3.05) is 13.1 Å². The largest absolute Gasteiger partial charge is 0.481 e. The van der Waals surface area contributed by atoms with E-state index in [1.807, 2.05) is 4.90 Å². The lowest BCUT2D eigenvalue weighted by Crippen LogP contribution is -2.48. The van der Waals surface area contributed by atoms with Gasteiger partial charge in [-0.2, -0.15) is 0 Å². The second-order valence-corrected chi connectivity index (χ2v) is 7.30. The van der Waals surface area contributed by atoms with Crippen molar-refractivity contribution in [3.63, 3.8) is 0 Å². The SMILES string of the molecule is O=C(O)C1CCC1C(=O)N1CCC(c2cccc3ccccc23)CC1. The number of likely N-dealkylation sites (tertiary alicyclic amines) is 1. The van der Waals surface area contributed by atoms with Crippen LogP contribution in [0.4, 0.5) is 0 Å². The summed E-state index contributed by atoms with van der Waals surface area (Å²) >= 11 is 0. The Labute approximate surface area is 147 Å². The Morgan fingerprint density at radius 1 is 0.880 bits per heavy atom. The summed E-state index contributed by atoms with van der Waals surface area (Å²) in [5.41, 5.74) is 1.37. The summed E-state index contributed by atoms with van der Waals surface area (Å²) in [7, 11) is 0. The number of amides is 1. The average molecular weight is 337 g/mol. The van der Waals surface area contributed by atoms with Gasteiger partial charge in [-0.15, -0.1) is 0 Å². The van der Waals surface area contributed by atoms with Gasteiger partial charge in [-0.1, -0.05) is 42.5 Å². The summed E-state index contributed by atoms with van der Waals surface area (Å²) in [4.78, 5) is 25.7. The normalized spacial score (nSPS) is 24.1. The van der Waals surface area contributed by atoms with E-state index in [1.165, 1.54) is 16.3 Å². The predicted octanol–water partition coefficient (Wildman–Crippen LogP) is 3.66. The molecule has 4 nitrogen and oxygen atoms in total. The second-order valence-electron chi connectivity index (χ2n) is 7.30. The molecule has 2 aliphatic rings. The smallest absolute Gasteiger partial charge is 0.307 e. The van der Waals surface area contributed by atoms with Gasteiger partial charge >= 0.3 is 5.97 Å².